The zero-order valence-electron chi connectivity index (χ0n) is 10.6. The first kappa shape index (κ1) is 12.2. The number of aryl methyl sites for hydroxylation is 1. The summed E-state index contributed by atoms with van der Waals surface area (Å²) >= 11 is 3.42. The van der Waals surface area contributed by atoms with Gasteiger partial charge >= 0.3 is 0 Å². The molecule has 3 rings (SSSR count). The van der Waals surface area contributed by atoms with E-state index in [1.807, 2.05) is 0 Å². The second kappa shape index (κ2) is 4.35. The molecule has 0 aliphatic carbocycles. The van der Waals surface area contributed by atoms with E-state index in [9.17, 15) is 4.79 Å². The second-order valence-corrected chi connectivity index (χ2v) is 6.04. The summed E-state index contributed by atoms with van der Waals surface area (Å²) in [6, 6.07) is 0.454. The fraction of sp³-hybridized carbons (Fsp3) is 0.667. The van der Waals surface area contributed by atoms with Crippen molar-refractivity contribution in [3.63, 3.8) is 0 Å². The zero-order valence-corrected chi connectivity index (χ0v) is 12.1. The van der Waals surface area contributed by atoms with Crippen LogP contribution in [-0.4, -0.2) is 35.5 Å². The molecule has 3 atom stereocenters. The summed E-state index contributed by atoms with van der Waals surface area (Å²) in [6.07, 6.45) is 1.79. The lowest BCUT2D eigenvalue weighted by molar-refractivity contribution is 0.471. The van der Waals surface area contributed by atoms with Crippen LogP contribution in [0.1, 0.15) is 6.92 Å². The number of fused-ring (bicyclic) bond motifs is 1. The number of halogens is 1. The summed E-state index contributed by atoms with van der Waals surface area (Å²) in [5, 5.41) is 7.57. The molecule has 1 N–H and O–H groups in total. The molecule has 0 spiro atoms. The molecule has 3 unspecified atom stereocenters. The van der Waals surface area contributed by atoms with E-state index in [0.29, 0.717) is 22.4 Å². The van der Waals surface area contributed by atoms with Crippen molar-refractivity contribution in [2.45, 2.75) is 13.0 Å². The Morgan fingerprint density at radius 3 is 3.00 bits per heavy atom. The highest BCUT2D eigenvalue weighted by Gasteiger charge is 2.42. The fourth-order valence-corrected chi connectivity index (χ4v) is 3.77. The van der Waals surface area contributed by atoms with Gasteiger partial charge in [-0.05, 0) is 34.7 Å². The summed E-state index contributed by atoms with van der Waals surface area (Å²) in [7, 11) is 1.67. The van der Waals surface area contributed by atoms with Gasteiger partial charge in [-0.2, -0.15) is 5.10 Å². The summed E-state index contributed by atoms with van der Waals surface area (Å²) in [6.45, 7) is 5.41. The Bertz CT molecular complexity index is 529. The highest BCUT2D eigenvalue weighted by atomic mass is 79.9. The molecule has 98 valence electrons. The van der Waals surface area contributed by atoms with Crippen LogP contribution in [-0.2, 0) is 7.05 Å². The van der Waals surface area contributed by atoms with E-state index in [1.165, 1.54) is 4.68 Å². The monoisotopic (exact) mass is 312 g/mol. The molecule has 2 fully saturated rings. The average Bonchev–Trinajstić information content (AvgIpc) is 2.91. The van der Waals surface area contributed by atoms with Crippen molar-refractivity contribution >= 4 is 21.6 Å². The third-order valence-electron chi connectivity index (χ3n) is 4.30. The number of aromatic nitrogens is 2. The van der Waals surface area contributed by atoms with Crippen molar-refractivity contribution in [3.05, 3.63) is 21.0 Å². The molecule has 0 amide bonds. The first-order valence-electron chi connectivity index (χ1n) is 6.28. The van der Waals surface area contributed by atoms with Gasteiger partial charge in [0.05, 0.1) is 11.9 Å². The second-order valence-electron chi connectivity index (χ2n) is 5.25. The van der Waals surface area contributed by atoms with E-state index in [-0.39, 0.29) is 5.56 Å². The van der Waals surface area contributed by atoms with E-state index < -0.39 is 0 Å². The summed E-state index contributed by atoms with van der Waals surface area (Å²) in [5.41, 5.74) is 0.856. The first-order chi connectivity index (χ1) is 8.59. The molecular weight excluding hydrogens is 296 g/mol. The number of hydrogen-bond donors (Lipinski definition) is 1. The molecule has 3 heterocycles. The SMILES string of the molecule is CC1C2CNCC2CN1c1cnn(C)c(=O)c1Br. The maximum atomic E-state index is 11.9. The number of nitrogens with zero attached hydrogens (tertiary/aromatic N) is 3. The van der Waals surface area contributed by atoms with Gasteiger partial charge in [-0.25, -0.2) is 4.68 Å². The van der Waals surface area contributed by atoms with E-state index >= 15 is 0 Å². The summed E-state index contributed by atoms with van der Waals surface area (Å²) in [5.74, 6) is 1.37. The van der Waals surface area contributed by atoms with Crippen LogP contribution in [0.15, 0.2) is 15.5 Å². The number of hydrogen-bond acceptors (Lipinski definition) is 4. The van der Waals surface area contributed by atoms with Crippen LogP contribution in [0, 0.1) is 11.8 Å². The quantitative estimate of drug-likeness (QED) is 0.824. The van der Waals surface area contributed by atoms with Gasteiger partial charge in [-0.1, -0.05) is 0 Å². The lowest BCUT2D eigenvalue weighted by atomic mass is 9.95. The van der Waals surface area contributed by atoms with Crippen molar-refractivity contribution < 1.29 is 0 Å². The van der Waals surface area contributed by atoms with Crippen LogP contribution >= 0.6 is 15.9 Å². The number of anilines is 1. The molecule has 2 aliphatic heterocycles. The normalized spacial score (nSPS) is 30.8. The topological polar surface area (TPSA) is 50.2 Å². The van der Waals surface area contributed by atoms with Crippen LogP contribution in [0.2, 0.25) is 0 Å². The molecule has 0 bridgehead atoms. The van der Waals surface area contributed by atoms with Crippen molar-refractivity contribution in [3.8, 4) is 0 Å². The van der Waals surface area contributed by atoms with Gasteiger partial charge in [0, 0.05) is 32.7 Å². The van der Waals surface area contributed by atoms with Crippen molar-refractivity contribution in [1.29, 1.82) is 0 Å². The molecule has 0 aromatic carbocycles. The van der Waals surface area contributed by atoms with Crippen molar-refractivity contribution in [2.75, 3.05) is 24.5 Å². The Balaban J connectivity index is 1.97. The van der Waals surface area contributed by atoms with Crippen LogP contribution < -0.4 is 15.8 Å². The van der Waals surface area contributed by atoms with E-state index in [2.05, 4.69) is 38.2 Å². The predicted octanol–water partition coefficient (Wildman–Crippen LogP) is 0.587. The highest BCUT2D eigenvalue weighted by molar-refractivity contribution is 9.10. The molecule has 18 heavy (non-hydrogen) atoms. The van der Waals surface area contributed by atoms with E-state index in [1.54, 1.807) is 13.2 Å². The predicted molar refractivity (Wildman–Crippen MR) is 73.8 cm³/mol. The smallest absolute Gasteiger partial charge is 0.282 e. The first-order valence-corrected chi connectivity index (χ1v) is 7.08. The lowest BCUT2D eigenvalue weighted by Crippen LogP contribution is -2.35. The van der Waals surface area contributed by atoms with Crippen molar-refractivity contribution in [1.82, 2.24) is 15.1 Å². The minimum atomic E-state index is -0.0742. The lowest BCUT2D eigenvalue weighted by Gasteiger charge is -2.27. The minimum Gasteiger partial charge on any atom is -0.366 e. The standard InChI is InChI=1S/C12H17BrN4O/c1-7-9-4-14-3-8(9)6-17(7)10-5-15-16(2)12(18)11(10)13/h5,7-9,14H,3-4,6H2,1-2H3. The molecule has 2 saturated heterocycles. The molecule has 0 radical (unpaired) electrons. The minimum absolute atomic E-state index is 0.0742. The molecule has 0 saturated carbocycles. The fourth-order valence-electron chi connectivity index (χ4n) is 3.19. The highest BCUT2D eigenvalue weighted by Crippen LogP contribution is 2.37. The maximum Gasteiger partial charge on any atom is 0.282 e. The third-order valence-corrected chi connectivity index (χ3v) is 5.05. The van der Waals surface area contributed by atoms with Gasteiger partial charge in [0.15, 0.2) is 0 Å². The molecule has 1 aromatic rings. The van der Waals surface area contributed by atoms with Crippen LogP contribution in [0.5, 0.6) is 0 Å². The maximum absolute atomic E-state index is 11.9. The van der Waals surface area contributed by atoms with Crippen LogP contribution in [0.4, 0.5) is 5.69 Å². The van der Waals surface area contributed by atoms with Gasteiger partial charge < -0.3 is 10.2 Å². The van der Waals surface area contributed by atoms with Gasteiger partial charge in [0.25, 0.3) is 5.56 Å². The molecular formula is C12H17BrN4O. The van der Waals surface area contributed by atoms with Crippen molar-refractivity contribution in [2.24, 2.45) is 18.9 Å². The number of nitrogens with one attached hydrogen (secondary N) is 1. The Morgan fingerprint density at radius 1 is 1.50 bits per heavy atom. The van der Waals surface area contributed by atoms with Gasteiger partial charge in [-0.3, -0.25) is 4.79 Å². The summed E-state index contributed by atoms with van der Waals surface area (Å²) < 4.78 is 1.98. The molecule has 6 heteroatoms. The largest absolute Gasteiger partial charge is 0.366 e. The Kier molecular flexibility index (Phi) is 2.94. The number of rotatable bonds is 1. The zero-order chi connectivity index (χ0) is 12.9. The van der Waals surface area contributed by atoms with E-state index in [4.69, 9.17) is 0 Å². The average molecular weight is 313 g/mol. The Morgan fingerprint density at radius 2 is 2.28 bits per heavy atom. The summed E-state index contributed by atoms with van der Waals surface area (Å²) in [4.78, 5) is 14.2. The van der Waals surface area contributed by atoms with Gasteiger partial charge in [-0.15, -0.1) is 0 Å². The van der Waals surface area contributed by atoms with Gasteiger partial charge in [0.2, 0.25) is 0 Å². The van der Waals surface area contributed by atoms with E-state index in [0.717, 1.165) is 25.3 Å². The molecule has 5 nitrogen and oxygen atoms in total. The third kappa shape index (κ3) is 1.70. The van der Waals surface area contributed by atoms with Crippen LogP contribution in [0.25, 0.3) is 0 Å². The molecule has 2 aliphatic rings. The van der Waals surface area contributed by atoms with Gasteiger partial charge in [0.1, 0.15) is 4.47 Å². The molecule has 1 aromatic heterocycles. The Labute approximate surface area is 114 Å². The van der Waals surface area contributed by atoms with Crippen LogP contribution in [0.3, 0.4) is 0 Å². The Hall–Kier alpha value is -0.880.